The molecular weight excluding hydrogens is 316 g/mol. The van der Waals surface area contributed by atoms with Crippen molar-refractivity contribution in [1.29, 1.82) is 0 Å². The van der Waals surface area contributed by atoms with E-state index < -0.39 is 6.10 Å². The lowest BCUT2D eigenvalue weighted by atomic mass is 9.98. The number of rotatable bonds is 1. The van der Waals surface area contributed by atoms with Gasteiger partial charge in [0.15, 0.2) is 0 Å². The standard InChI is InChI=1S/C17H20N2O3.ClH/c1-3-22-17(21)19-9-8-13-11(2)12-6-4-5-7-14(12)18-16(13)15(20)10-19;/h4-7,15,20H,3,8-10H2,1-2H3;1H. The number of halogens is 1. The average molecular weight is 337 g/mol. The number of amides is 1. The number of carbonyl (C=O) groups is 1. The van der Waals surface area contributed by atoms with Crippen molar-refractivity contribution in [2.45, 2.75) is 26.4 Å². The second-order valence-corrected chi connectivity index (χ2v) is 5.53. The molecule has 0 aliphatic carbocycles. The minimum Gasteiger partial charge on any atom is -0.450 e. The summed E-state index contributed by atoms with van der Waals surface area (Å²) in [6, 6.07) is 7.91. The van der Waals surface area contributed by atoms with Crippen LogP contribution in [0.1, 0.15) is 29.8 Å². The number of carbonyl (C=O) groups excluding carboxylic acids is 1. The van der Waals surface area contributed by atoms with E-state index in [1.165, 1.54) is 0 Å². The van der Waals surface area contributed by atoms with Crippen molar-refractivity contribution in [3.63, 3.8) is 0 Å². The first-order chi connectivity index (χ1) is 10.6. The maximum Gasteiger partial charge on any atom is 0.409 e. The Morgan fingerprint density at radius 3 is 2.91 bits per heavy atom. The van der Waals surface area contributed by atoms with E-state index in [2.05, 4.69) is 11.9 Å². The van der Waals surface area contributed by atoms with Crippen LogP contribution in [0.4, 0.5) is 4.79 Å². The van der Waals surface area contributed by atoms with E-state index in [1.54, 1.807) is 11.8 Å². The summed E-state index contributed by atoms with van der Waals surface area (Å²) in [4.78, 5) is 18.1. The number of β-amino-alcohol motifs (C(OH)–C–C–N with tert-alkyl or cyclic N) is 1. The minimum absolute atomic E-state index is 0. The third-order valence-electron chi connectivity index (χ3n) is 4.18. The summed E-state index contributed by atoms with van der Waals surface area (Å²) < 4.78 is 5.05. The van der Waals surface area contributed by atoms with Crippen molar-refractivity contribution >= 4 is 29.4 Å². The monoisotopic (exact) mass is 336 g/mol. The van der Waals surface area contributed by atoms with E-state index in [4.69, 9.17) is 4.74 Å². The Morgan fingerprint density at radius 1 is 1.43 bits per heavy atom. The van der Waals surface area contributed by atoms with E-state index in [-0.39, 0.29) is 25.0 Å². The first-order valence-electron chi connectivity index (χ1n) is 7.59. The van der Waals surface area contributed by atoms with Crippen molar-refractivity contribution in [3.05, 3.63) is 41.1 Å². The number of para-hydroxylation sites is 1. The number of aromatic nitrogens is 1. The van der Waals surface area contributed by atoms with Crippen LogP contribution in [0.2, 0.25) is 0 Å². The summed E-state index contributed by atoms with van der Waals surface area (Å²) >= 11 is 0. The van der Waals surface area contributed by atoms with E-state index in [0.717, 1.165) is 22.0 Å². The predicted molar refractivity (Wildman–Crippen MR) is 91.0 cm³/mol. The second-order valence-electron chi connectivity index (χ2n) is 5.53. The van der Waals surface area contributed by atoms with Gasteiger partial charge in [-0.25, -0.2) is 9.78 Å². The molecule has 1 aromatic carbocycles. The number of aryl methyl sites for hydroxylation is 1. The van der Waals surface area contributed by atoms with Gasteiger partial charge in [-0.05, 0) is 37.5 Å². The molecule has 0 bridgehead atoms. The Balaban J connectivity index is 0.00000192. The molecule has 1 aliphatic rings. The normalized spacial score (nSPS) is 17.2. The van der Waals surface area contributed by atoms with Gasteiger partial charge >= 0.3 is 6.09 Å². The van der Waals surface area contributed by atoms with Crippen LogP contribution in [0.3, 0.4) is 0 Å². The van der Waals surface area contributed by atoms with Gasteiger partial charge in [0.1, 0.15) is 6.10 Å². The molecule has 0 saturated carbocycles. The summed E-state index contributed by atoms with van der Waals surface area (Å²) in [6.07, 6.45) is -0.490. The van der Waals surface area contributed by atoms with Crippen LogP contribution in [0.5, 0.6) is 0 Å². The van der Waals surface area contributed by atoms with Crippen molar-refractivity contribution in [2.75, 3.05) is 19.7 Å². The van der Waals surface area contributed by atoms with Gasteiger partial charge in [0.05, 0.1) is 24.4 Å². The summed E-state index contributed by atoms with van der Waals surface area (Å²) in [5.74, 6) is 0. The molecule has 3 rings (SSSR count). The van der Waals surface area contributed by atoms with Crippen LogP contribution in [-0.4, -0.2) is 40.8 Å². The second kappa shape index (κ2) is 7.15. The van der Waals surface area contributed by atoms with Crippen LogP contribution >= 0.6 is 12.4 Å². The largest absolute Gasteiger partial charge is 0.450 e. The highest BCUT2D eigenvalue weighted by Gasteiger charge is 2.27. The number of aliphatic hydroxyl groups excluding tert-OH is 1. The van der Waals surface area contributed by atoms with E-state index in [0.29, 0.717) is 25.3 Å². The molecule has 0 saturated heterocycles. The molecule has 124 valence electrons. The van der Waals surface area contributed by atoms with Crippen LogP contribution in [0.15, 0.2) is 24.3 Å². The first-order valence-corrected chi connectivity index (χ1v) is 7.59. The molecule has 1 N–H and O–H groups in total. The molecule has 5 nitrogen and oxygen atoms in total. The van der Waals surface area contributed by atoms with Crippen molar-refractivity contribution in [2.24, 2.45) is 0 Å². The fourth-order valence-electron chi connectivity index (χ4n) is 3.05. The van der Waals surface area contributed by atoms with Crippen LogP contribution in [0, 0.1) is 6.92 Å². The zero-order valence-corrected chi connectivity index (χ0v) is 14.1. The summed E-state index contributed by atoms with van der Waals surface area (Å²) in [5.41, 5.74) is 3.73. The number of hydrogen-bond donors (Lipinski definition) is 1. The molecule has 1 aliphatic heterocycles. The fraction of sp³-hybridized carbons (Fsp3) is 0.412. The molecular formula is C17H21ClN2O3. The number of ether oxygens (including phenoxy) is 1. The topological polar surface area (TPSA) is 62.7 Å². The number of benzene rings is 1. The first kappa shape index (κ1) is 17.5. The van der Waals surface area contributed by atoms with Gasteiger partial charge in [0.2, 0.25) is 0 Å². The Bertz CT molecular complexity index is 720. The molecule has 1 atom stereocenters. The third-order valence-corrected chi connectivity index (χ3v) is 4.18. The number of pyridine rings is 1. The van der Waals surface area contributed by atoms with Gasteiger partial charge in [0, 0.05) is 11.9 Å². The van der Waals surface area contributed by atoms with Crippen molar-refractivity contribution in [3.8, 4) is 0 Å². The number of fused-ring (bicyclic) bond motifs is 2. The number of nitrogens with zero attached hydrogens (tertiary/aromatic N) is 2. The van der Waals surface area contributed by atoms with E-state index >= 15 is 0 Å². The SMILES string of the molecule is CCOC(=O)N1CCc2c(nc3ccccc3c2C)C(O)C1.Cl. The Labute approximate surface area is 141 Å². The lowest BCUT2D eigenvalue weighted by Gasteiger charge is -2.21. The van der Waals surface area contributed by atoms with Gasteiger partial charge < -0.3 is 14.7 Å². The predicted octanol–water partition coefficient (Wildman–Crippen LogP) is 3.01. The Morgan fingerprint density at radius 2 is 2.17 bits per heavy atom. The molecule has 0 fully saturated rings. The number of aliphatic hydroxyl groups is 1. The molecule has 6 heteroatoms. The molecule has 0 radical (unpaired) electrons. The summed E-state index contributed by atoms with van der Waals surface area (Å²) in [6.45, 7) is 4.91. The van der Waals surface area contributed by atoms with Crippen LogP contribution in [-0.2, 0) is 11.2 Å². The van der Waals surface area contributed by atoms with Crippen LogP contribution in [0.25, 0.3) is 10.9 Å². The lowest BCUT2D eigenvalue weighted by molar-refractivity contribution is 0.0787. The van der Waals surface area contributed by atoms with Gasteiger partial charge in [-0.1, -0.05) is 18.2 Å². The Hall–Kier alpha value is -1.85. The smallest absolute Gasteiger partial charge is 0.409 e. The van der Waals surface area contributed by atoms with Gasteiger partial charge in [-0.2, -0.15) is 0 Å². The lowest BCUT2D eigenvalue weighted by Crippen LogP contribution is -2.35. The quantitative estimate of drug-likeness (QED) is 0.869. The highest BCUT2D eigenvalue weighted by Crippen LogP contribution is 2.29. The summed E-state index contributed by atoms with van der Waals surface area (Å²) in [7, 11) is 0. The molecule has 2 heterocycles. The zero-order valence-electron chi connectivity index (χ0n) is 13.3. The zero-order chi connectivity index (χ0) is 15.7. The van der Waals surface area contributed by atoms with E-state index in [9.17, 15) is 9.90 Å². The van der Waals surface area contributed by atoms with Gasteiger partial charge in [0.25, 0.3) is 0 Å². The molecule has 2 aromatic rings. The molecule has 1 unspecified atom stereocenters. The van der Waals surface area contributed by atoms with E-state index in [1.807, 2.05) is 24.3 Å². The summed E-state index contributed by atoms with van der Waals surface area (Å²) in [5, 5.41) is 11.6. The molecule has 1 amide bonds. The van der Waals surface area contributed by atoms with Gasteiger partial charge in [-0.15, -0.1) is 12.4 Å². The van der Waals surface area contributed by atoms with Crippen molar-refractivity contribution in [1.82, 2.24) is 9.88 Å². The number of hydrogen-bond acceptors (Lipinski definition) is 4. The molecule has 1 aromatic heterocycles. The van der Waals surface area contributed by atoms with Gasteiger partial charge in [-0.3, -0.25) is 0 Å². The molecule has 23 heavy (non-hydrogen) atoms. The molecule has 0 spiro atoms. The highest BCUT2D eigenvalue weighted by atomic mass is 35.5. The highest BCUT2D eigenvalue weighted by molar-refractivity contribution is 5.85. The fourth-order valence-corrected chi connectivity index (χ4v) is 3.05. The average Bonchev–Trinajstić information content (AvgIpc) is 2.68. The Kier molecular flexibility index (Phi) is 5.44. The third kappa shape index (κ3) is 3.26. The maximum absolute atomic E-state index is 11.9. The van der Waals surface area contributed by atoms with Crippen LogP contribution < -0.4 is 0 Å². The minimum atomic E-state index is -0.787. The maximum atomic E-state index is 11.9. The van der Waals surface area contributed by atoms with Crippen molar-refractivity contribution < 1.29 is 14.6 Å².